The summed E-state index contributed by atoms with van der Waals surface area (Å²) in [7, 11) is 0. The summed E-state index contributed by atoms with van der Waals surface area (Å²) in [6.07, 6.45) is 4.73. The van der Waals surface area contributed by atoms with Gasteiger partial charge in [-0.2, -0.15) is 0 Å². The van der Waals surface area contributed by atoms with E-state index in [0.29, 0.717) is 50.7 Å². The lowest BCUT2D eigenvalue weighted by Gasteiger charge is -2.44. The zero-order chi connectivity index (χ0) is 30.4. The minimum Gasteiger partial charge on any atom is -0.466 e. The fraction of sp³-hybridized carbons (Fsp3) is 0.697. The highest BCUT2D eigenvalue weighted by molar-refractivity contribution is 5.91. The molecule has 0 aromatic heterocycles. The van der Waals surface area contributed by atoms with Crippen LogP contribution in [0.1, 0.15) is 79.6 Å². The van der Waals surface area contributed by atoms with Crippen molar-refractivity contribution in [3.05, 3.63) is 34.9 Å². The van der Waals surface area contributed by atoms with Gasteiger partial charge in [0.15, 0.2) is 0 Å². The number of rotatable bonds is 6. The Kier molecular flexibility index (Phi) is 6.80. The van der Waals surface area contributed by atoms with Gasteiger partial charge in [0.2, 0.25) is 0 Å². The van der Waals surface area contributed by atoms with Crippen molar-refractivity contribution < 1.29 is 43.2 Å². The van der Waals surface area contributed by atoms with Gasteiger partial charge in [0.05, 0.1) is 17.6 Å². The van der Waals surface area contributed by atoms with Crippen molar-refractivity contribution in [2.75, 3.05) is 6.61 Å². The van der Waals surface area contributed by atoms with E-state index in [0.717, 1.165) is 23.1 Å². The first-order chi connectivity index (χ1) is 19.7. The zero-order valence-corrected chi connectivity index (χ0v) is 25.2. The van der Waals surface area contributed by atoms with Crippen molar-refractivity contribution in [1.29, 1.82) is 0 Å². The number of carbonyl (C=O) groups excluding carboxylic acids is 4. The van der Waals surface area contributed by atoms with Crippen molar-refractivity contribution in [3.8, 4) is 0 Å². The molecule has 42 heavy (non-hydrogen) atoms. The molecule has 6 aliphatic rings. The minimum absolute atomic E-state index is 0.0341. The van der Waals surface area contributed by atoms with Crippen LogP contribution in [0.4, 0.5) is 0 Å². The largest absolute Gasteiger partial charge is 0.466 e. The van der Waals surface area contributed by atoms with Gasteiger partial charge in [0, 0.05) is 49.0 Å². The number of carbonyl (C=O) groups is 4. The first kappa shape index (κ1) is 29.1. The quantitative estimate of drug-likeness (QED) is 0.162. The molecule has 4 fully saturated rings. The van der Waals surface area contributed by atoms with E-state index in [4.69, 9.17) is 18.9 Å². The van der Waals surface area contributed by atoms with Crippen LogP contribution in [0.2, 0.25) is 0 Å². The van der Waals surface area contributed by atoms with Crippen molar-refractivity contribution in [2.45, 2.75) is 103 Å². The molecule has 1 N–H and O–H groups in total. The fourth-order valence-electron chi connectivity index (χ4n) is 9.72. The average Bonchev–Trinajstić information content (AvgIpc) is 3.46. The molecule has 10 atom stereocenters. The Labute approximate surface area is 246 Å². The fourth-order valence-corrected chi connectivity index (χ4v) is 9.72. The summed E-state index contributed by atoms with van der Waals surface area (Å²) in [6, 6.07) is 0. The lowest BCUT2D eigenvalue weighted by molar-refractivity contribution is -0.156. The van der Waals surface area contributed by atoms with Crippen LogP contribution in [-0.4, -0.2) is 59.5 Å². The third-order valence-electron chi connectivity index (χ3n) is 11.5. The molecule has 2 heterocycles. The molecule has 0 aromatic carbocycles. The SMILES string of the molecule is C=C1C(=O)O[C@@H]2C[C@@H](C)[C@]34C[C@]5(C(=O)O[C@H]6C[C@@](C)(O)C(CCCCOC(C)=O)=C[C@H]65)[C@H](C(C)=C3C[C@@H]12)[C@H]4OC(C)=O. The van der Waals surface area contributed by atoms with Crippen molar-refractivity contribution in [2.24, 2.45) is 34.5 Å². The van der Waals surface area contributed by atoms with Crippen molar-refractivity contribution in [3.63, 3.8) is 0 Å². The molecule has 0 amide bonds. The van der Waals surface area contributed by atoms with Crippen LogP contribution >= 0.6 is 0 Å². The smallest absolute Gasteiger partial charge is 0.334 e. The summed E-state index contributed by atoms with van der Waals surface area (Å²) in [4.78, 5) is 50.3. The summed E-state index contributed by atoms with van der Waals surface area (Å²) in [6.45, 7) is 13.1. The van der Waals surface area contributed by atoms with Gasteiger partial charge in [-0.3, -0.25) is 14.4 Å². The third kappa shape index (κ3) is 3.98. The first-order valence-electron chi connectivity index (χ1n) is 15.3. The highest BCUT2D eigenvalue weighted by Gasteiger charge is 2.78. The molecule has 0 radical (unpaired) electrons. The number of fused-ring (bicyclic) bond motifs is 5. The van der Waals surface area contributed by atoms with Crippen molar-refractivity contribution >= 4 is 23.9 Å². The van der Waals surface area contributed by atoms with Crippen LogP contribution < -0.4 is 0 Å². The standard InChI is InChI=1S/C33H42O9/c1-16-11-25-22(17(2)29(36)41-25)13-23-18(3)27-28(40-20(5)35)32(16,23)15-33(27)24-12-21(9-7-8-10-39-19(4)34)31(6,38)14-26(24)42-30(33)37/h12,16,22,24-28,38H,2,7-11,13-15H2,1,3-6H3/t16-,22+,24-,25-,26+,27-,28-,31-,32-,33-/m1/s1. The van der Waals surface area contributed by atoms with E-state index in [1.807, 2.05) is 6.92 Å². The van der Waals surface area contributed by atoms with Crippen LogP contribution in [0.3, 0.4) is 0 Å². The normalized spacial score (nSPS) is 43.3. The third-order valence-corrected chi connectivity index (χ3v) is 11.5. The molecular weight excluding hydrogens is 540 g/mol. The van der Waals surface area contributed by atoms with Gasteiger partial charge in [0.1, 0.15) is 18.3 Å². The number of esters is 4. The Balaban J connectivity index is 1.40. The monoisotopic (exact) mass is 582 g/mol. The van der Waals surface area contributed by atoms with Gasteiger partial charge in [-0.25, -0.2) is 4.79 Å². The van der Waals surface area contributed by atoms with Crippen LogP contribution in [0.15, 0.2) is 34.9 Å². The lowest BCUT2D eigenvalue weighted by atomic mass is 9.57. The van der Waals surface area contributed by atoms with E-state index in [9.17, 15) is 24.3 Å². The Hall–Kier alpha value is -2.94. The molecule has 0 aromatic rings. The Morgan fingerprint density at radius 3 is 2.55 bits per heavy atom. The second kappa shape index (κ2) is 9.79. The molecule has 2 saturated heterocycles. The van der Waals surface area contributed by atoms with Crippen LogP contribution in [0.25, 0.3) is 0 Å². The summed E-state index contributed by atoms with van der Waals surface area (Å²) >= 11 is 0. The number of hydrogen-bond donors (Lipinski definition) is 1. The summed E-state index contributed by atoms with van der Waals surface area (Å²) in [5.41, 5.74) is 0.899. The Morgan fingerprint density at radius 1 is 1.12 bits per heavy atom. The van der Waals surface area contributed by atoms with Crippen LogP contribution in [0.5, 0.6) is 0 Å². The maximum Gasteiger partial charge on any atom is 0.334 e. The number of unbranched alkanes of at least 4 members (excludes halogenated alkanes) is 1. The van der Waals surface area contributed by atoms with E-state index in [2.05, 4.69) is 19.6 Å². The topological polar surface area (TPSA) is 125 Å². The van der Waals surface area contributed by atoms with Gasteiger partial charge in [-0.15, -0.1) is 0 Å². The number of aliphatic hydroxyl groups is 1. The molecule has 4 aliphatic carbocycles. The molecule has 2 bridgehead atoms. The van der Waals surface area contributed by atoms with Gasteiger partial charge < -0.3 is 24.1 Å². The van der Waals surface area contributed by atoms with Crippen LogP contribution in [-0.2, 0) is 38.1 Å². The van der Waals surface area contributed by atoms with E-state index in [-0.39, 0.29) is 53.7 Å². The van der Waals surface area contributed by atoms with E-state index < -0.39 is 28.6 Å². The highest BCUT2D eigenvalue weighted by Crippen LogP contribution is 2.75. The minimum atomic E-state index is -1.13. The predicted molar refractivity (Wildman–Crippen MR) is 149 cm³/mol. The van der Waals surface area contributed by atoms with Crippen molar-refractivity contribution in [1.82, 2.24) is 0 Å². The van der Waals surface area contributed by atoms with Gasteiger partial charge in [-0.05, 0) is 63.9 Å². The predicted octanol–water partition coefficient (Wildman–Crippen LogP) is 4.12. The summed E-state index contributed by atoms with van der Waals surface area (Å²) in [5, 5.41) is 11.4. The molecule has 0 unspecified atom stereocenters. The highest BCUT2D eigenvalue weighted by atomic mass is 16.6. The van der Waals surface area contributed by atoms with E-state index in [1.54, 1.807) is 6.92 Å². The van der Waals surface area contributed by atoms with E-state index in [1.165, 1.54) is 13.8 Å². The molecule has 9 heteroatoms. The van der Waals surface area contributed by atoms with Gasteiger partial charge >= 0.3 is 23.9 Å². The molecule has 9 nitrogen and oxygen atoms in total. The Bertz CT molecular complexity index is 1320. The zero-order valence-electron chi connectivity index (χ0n) is 25.2. The molecule has 2 saturated carbocycles. The summed E-state index contributed by atoms with van der Waals surface area (Å²) in [5.74, 6) is -2.15. The number of hydrogen-bond acceptors (Lipinski definition) is 9. The molecule has 228 valence electrons. The molecular formula is C33H42O9. The lowest BCUT2D eigenvalue weighted by Crippen LogP contribution is -2.46. The maximum absolute atomic E-state index is 14.1. The Morgan fingerprint density at radius 2 is 1.86 bits per heavy atom. The molecule has 2 aliphatic heterocycles. The van der Waals surface area contributed by atoms with Gasteiger partial charge in [-0.1, -0.05) is 30.7 Å². The second-order valence-electron chi connectivity index (χ2n) is 13.8. The van der Waals surface area contributed by atoms with E-state index >= 15 is 0 Å². The average molecular weight is 583 g/mol. The first-order valence-corrected chi connectivity index (χ1v) is 15.3. The second-order valence-corrected chi connectivity index (χ2v) is 13.8. The molecule has 6 rings (SSSR count). The maximum atomic E-state index is 14.1. The number of ether oxygens (including phenoxy) is 4. The summed E-state index contributed by atoms with van der Waals surface area (Å²) < 4.78 is 23.1. The molecule has 2 spiro atoms. The van der Waals surface area contributed by atoms with Gasteiger partial charge in [0.25, 0.3) is 0 Å². The van der Waals surface area contributed by atoms with Crippen LogP contribution in [0, 0.1) is 34.5 Å².